The van der Waals surface area contributed by atoms with Crippen LogP contribution in [0.3, 0.4) is 0 Å². The topological polar surface area (TPSA) is 290 Å². The van der Waals surface area contributed by atoms with Crippen LogP contribution in [0.4, 0.5) is 10.5 Å². The molecule has 1 aliphatic rings. The number of likely N-dealkylation sites (tertiary alicyclic amines) is 1. The molecule has 1 heterocycles. The summed E-state index contributed by atoms with van der Waals surface area (Å²) in [5.41, 5.74) is 6.52. The summed E-state index contributed by atoms with van der Waals surface area (Å²) in [6.07, 6.45) is -0.228. The Kier molecular flexibility index (Phi) is 29.1. The number of nitrogens with zero attached hydrogens (tertiary/aromatic N) is 3. The van der Waals surface area contributed by atoms with Crippen molar-refractivity contribution < 1.29 is 61.5 Å². The number of nitrogens with one attached hydrogen (secondary N) is 5. The van der Waals surface area contributed by atoms with E-state index in [1.165, 1.54) is 14.2 Å². The zero-order valence-corrected chi connectivity index (χ0v) is 52.3. The van der Waals surface area contributed by atoms with E-state index in [9.17, 15) is 43.0 Å². The highest BCUT2D eigenvalue weighted by atomic mass is 31.2. The third-order valence-electron chi connectivity index (χ3n) is 15.8. The molecule has 2 aromatic carbocycles. The highest BCUT2D eigenvalue weighted by Crippen LogP contribution is 2.49. The van der Waals surface area contributed by atoms with Crippen LogP contribution in [-0.2, 0) is 58.5 Å². The minimum absolute atomic E-state index is 0.000429. The molecule has 0 bridgehead atoms. The summed E-state index contributed by atoms with van der Waals surface area (Å²) in [6.45, 7) is 20.9. The molecule has 1 unspecified atom stereocenters. The lowest BCUT2D eigenvalue weighted by molar-refractivity contribution is -0.148. The Morgan fingerprint density at radius 3 is 1.94 bits per heavy atom. The van der Waals surface area contributed by atoms with Crippen molar-refractivity contribution >= 4 is 55.0 Å². The molecule has 1 aliphatic heterocycles. The van der Waals surface area contributed by atoms with Crippen molar-refractivity contribution in [2.75, 3.05) is 53.8 Å². The predicted octanol–water partition coefficient (Wildman–Crippen LogP) is 6.38. The molecular weight excluding hydrogens is 1070 g/mol. The Hall–Kier alpha value is -5.48. The number of nitrogens with two attached hydrogens (primary N) is 1. The fourth-order valence-electron chi connectivity index (χ4n) is 10.6. The Labute approximate surface area is 487 Å². The summed E-state index contributed by atoms with van der Waals surface area (Å²) in [4.78, 5) is 111. The number of carbonyl (C=O) groups is 7. The van der Waals surface area contributed by atoms with Crippen LogP contribution in [0.2, 0.25) is 0 Å². The predicted molar refractivity (Wildman–Crippen MR) is 316 cm³/mol. The average Bonchev–Trinajstić information content (AvgIpc) is 4.05. The minimum atomic E-state index is -4.84. The molecule has 22 nitrogen and oxygen atoms in total. The highest BCUT2D eigenvalue weighted by Gasteiger charge is 2.44. The molecule has 82 heavy (non-hydrogen) atoms. The normalized spacial score (nSPS) is 18.5. The lowest BCUT2D eigenvalue weighted by Gasteiger charge is -2.41. The number of primary amides is 1. The van der Waals surface area contributed by atoms with E-state index in [4.69, 9.17) is 24.3 Å². The van der Waals surface area contributed by atoms with Crippen molar-refractivity contribution in [1.29, 1.82) is 0 Å². The zero-order chi connectivity index (χ0) is 61.8. The molecule has 8 amide bonds. The van der Waals surface area contributed by atoms with Crippen molar-refractivity contribution in [3.8, 4) is 0 Å². The molecule has 23 heteroatoms. The van der Waals surface area contributed by atoms with Crippen molar-refractivity contribution in [2.24, 2.45) is 41.2 Å². The van der Waals surface area contributed by atoms with E-state index in [1.807, 2.05) is 74.4 Å². The van der Waals surface area contributed by atoms with Crippen molar-refractivity contribution in [2.45, 2.75) is 176 Å². The molecule has 13 atom stereocenters. The SMILES string of the molecule is CC[C@H](C)[C@@H]([C@@H](CC(=O)N1CCC[C@H]1[C@H](OC)[C@@H](C)C(=O)N[C@H](C)[C@@H](OP(=O)(O)OCc1ccc(NC(=O)[C@H](CCCNC(N)=O)NC(=O)[C@@H](C)C(C)C)cc1)c1ccccc1)OC)N(C)C(=O)[C@@H](NC(=O)[C@H](C(C)C)N(C)C)C(C)C. The Bertz CT molecular complexity index is 2410. The first-order valence-corrected chi connectivity index (χ1v) is 30.3. The number of likely N-dealkylation sites (N-methyl/N-ethyl adjacent to an activating group) is 2. The van der Waals surface area contributed by atoms with E-state index in [-0.39, 0.29) is 79.2 Å². The maximum absolute atomic E-state index is 14.5. The number of ether oxygens (including phenoxy) is 2. The second kappa shape index (κ2) is 33.7. The molecule has 0 saturated carbocycles. The average molecular weight is 1170 g/mol. The molecule has 1 saturated heterocycles. The van der Waals surface area contributed by atoms with Crippen LogP contribution in [0.1, 0.15) is 132 Å². The van der Waals surface area contributed by atoms with Gasteiger partial charge in [0.05, 0.1) is 55.3 Å². The van der Waals surface area contributed by atoms with Gasteiger partial charge in [-0.1, -0.05) is 118 Å². The highest BCUT2D eigenvalue weighted by molar-refractivity contribution is 7.47. The van der Waals surface area contributed by atoms with Crippen molar-refractivity contribution in [3.63, 3.8) is 0 Å². The molecule has 8 N–H and O–H groups in total. The molecule has 0 radical (unpaired) electrons. The van der Waals surface area contributed by atoms with Crippen LogP contribution >= 0.6 is 7.82 Å². The van der Waals surface area contributed by atoms with Crippen molar-refractivity contribution in [1.82, 2.24) is 36.0 Å². The van der Waals surface area contributed by atoms with Crippen LogP contribution in [0.25, 0.3) is 0 Å². The third-order valence-corrected chi connectivity index (χ3v) is 16.7. The van der Waals surface area contributed by atoms with Gasteiger partial charge >= 0.3 is 13.9 Å². The van der Waals surface area contributed by atoms with Gasteiger partial charge in [0.25, 0.3) is 0 Å². The minimum Gasteiger partial charge on any atom is -0.379 e. The molecule has 3 rings (SSSR count). The number of phosphoric ester groups is 1. The summed E-state index contributed by atoms with van der Waals surface area (Å²) in [5, 5.41) is 14.1. The smallest absolute Gasteiger partial charge is 0.379 e. The van der Waals surface area contributed by atoms with Gasteiger partial charge in [-0.15, -0.1) is 0 Å². The number of benzene rings is 2. The molecule has 0 aliphatic carbocycles. The maximum atomic E-state index is 14.5. The summed E-state index contributed by atoms with van der Waals surface area (Å²) < 4.78 is 37.2. The standard InChI is InChI=1S/C59H98N9O13P/c1-17-38(8)51(67(14)58(74)49(36(4)5)65-57(73)50(37(6)7)66(12)13)47(78-15)33-48(69)68-32-22-26-46(68)52(79-16)40(10)55(71)62-41(11)53(43-23-19-18-20-24-43)81-82(76,77)80-34-42-27-29-44(30-28-42)63-56(72)45(25-21-31-61-59(60)75)64-54(70)39(9)35(2)3/h18-20,23-24,27-30,35-41,45-47,49-53H,17,21-22,25-26,31-34H2,1-16H3,(H,62,71)(H,63,72)(H,64,70)(H,65,73)(H,76,77)(H3,60,61,75)/t38-,39-,40+,41+,45-,46-,47+,49-,50-,51-,52+,53+/m0/s1. The van der Waals surface area contributed by atoms with Gasteiger partial charge in [0, 0.05) is 46.0 Å². The fourth-order valence-corrected chi connectivity index (χ4v) is 11.5. The lowest BCUT2D eigenvalue weighted by Crippen LogP contribution is -2.59. The van der Waals surface area contributed by atoms with Gasteiger partial charge in [0.2, 0.25) is 35.4 Å². The van der Waals surface area contributed by atoms with Gasteiger partial charge < -0.3 is 56.5 Å². The van der Waals surface area contributed by atoms with E-state index >= 15 is 0 Å². The monoisotopic (exact) mass is 1170 g/mol. The molecule has 2 aromatic rings. The van der Waals surface area contributed by atoms with Gasteiger partial charge in [0.15, 0.2) is 0 Å². The number of phosphoric acid groups is 1. The molecule has 0 spiro atoms. The Morgan fingerprint density at radius 2 is 1.40 bits per heavy atom. The van der Waals surface area contributed by atoms with E-state index < -0.39 is 86.1 Å². The first kappa shape index (κ1) is 70.8. The largest absolute Gasteiger partial charge is 0.473 e. The number of urea groups is 1. The van der Waals surface area contributed by atoms with Gasteiger partial charge in [-0.05, 0) is 93.6 Å². The van der Waals surface area contributed by atoms with Crippen molar-refractivity contribution in [3.05, 3.63) is 65.7 Å². The van der Waals surface area contributed by atoms with Crippen LogP contribution < -0.4 is 32.3 Å². The van der Waals surface area contributed by atoms with Gasteiger partial charge in [-0.3, -0.25) is 42.7 Å². The molecular formula is C59H98N9O13P. The first-order chi connectivity index (χ1) is 38.5. The van der Waals surface area contributed by atoms with Crippen LogP contribution in [0.15, 0.2) is 54.6 Å². The third kappa shape index (κ3) is 21.0. The zero-order valence-electron chi connectivity index (χ0n) is 51.4. The second-order valence-electron chi connectivity index (χ2n) is 23.2. The van der Waals surface area contributed by atoms with Gasteiger partial charge in [-0.2, -0.15) is 0 Å². The first-order valence-electron chi connectivity index (χ1n) is 28.8. The van der Waals surface area contributed by atoms with E-state index in [1.54, 1.807) is 92.2 Å². The molecule has 462 valence electrons. The van der Waals surface area contributed by atoms with Gasteiger partial charge in [-0.25, -0.2) is 9.36 Å². The Morgan fingerprint density at radius 1 is 0.780 bits per heavy atom. The summed E-state index contributed by atoms with van der Waals surface area (Å²) >= 11 is 0. The van der Waals surface area contributed by atoms with Gasteiger partial charge in [0.1, 0.15) is 18.2 Å². The maximum Gasteiger partial charge on any atom is 0.473 e. The second-order valence-corrected chi connectivity index (χ2v) is 24.6. The number of amides is 8. The van der Waals surface area contributed by atoms with E-state index in [0.29, 0.717) is 49.0 Å². The molecule has 1 fully saturated rings. The summed E-state index contributed by atoms with van der Waals surface area (Å²) in [5.74, 6) is -3.43. The summed E-state index contributed by atoms with van der Waals surface area (Å²) in [7, 11) is 3.54. The van der Waals surface area contributed by atoms with Crippen LogP contribution in [0.5, 0.6) is 0 Å². The number of rotatable bonds is 34. The quantitative estimate of drug-likeness (QED) is 0.0296. The fraction of sp³-hybridized carbons (Fsp3) is 0.678. The summed E-state index contributed by atoms with van der Waals surface area (Å²) in [6, 6.07) is 10.2. The number of carbonyl (C=O) groups excluding carboxylic acids is 7. The van der Waals surface area contributed by atoms with E-state index in [2.05, 4.69) is 26.6 Å². The Balaban J connectivity index is 1.75. The van der Waals surface area contributed by atoms with Crippen LogP contribution in [0, 0.1) is 35.5 Å². The lowest BCUT2D eigenvalue weighted by atomic mass is 9.89. The molecule has 0 aromatic heterocycles. The number of methoxy groups -OCH3 is 2. The number of hydrogen-bond acceptors (Lipinski definition) is 13. The number of anilines is 1. The number of hydrogen-bond donors (Lipinski definition) is 7. The van der Waals surface area contributed by atoms with Crippen LogP contribution in [-0.4, -0.2) is 158 Å². The van der Waals surface area contributed by atoms with E-state index in [0.717, 1.165) is 0 Å².